The van der Waals surface area contributed by atoms with E-state index in [1.54, 1.807) is 49.5 Å². The van der Waals surface area contributed by atoms with Crippen LogP contribution in [-0.2, 0) is 9.59 Å². The van der Waals surface area contributed by atoms with Crippen LogP contribution in [0.15, 0.2) is 42.5 Å². The van der Waals surface area contributed by atoms with Gasteiger partial charge in [0.2, 0.25) is 5.91 Å². The predicted octanol–water partition coefficient (Wildman–Crippen LogP) is 3.11. The number of ether oxygens (including phenoxy) is 4. The molecule has 1 aliphatic carbocycles. The highest BCUT2D eigenvalue weighted by Crippen LogP contribution is 2.30. The smallest absolute Gasteiger partial charge is 0.260 e. The van der Waals surface area contributed by atoms with Crippen LogP contribution in [0.1, 0.15) is 19.3 Å². The Hall–Kier alpha value is -3.42. The van der Waals surface area contributed by atoms with E-state index in [1.165, 1.54) is 7.11 Å². The molecule has 1 N–H and O–H groups in total. The minimum atomic E-state index is -0.184. The van der Waals surface area contributed by atoms with Crippen LogP contribution in [0.2, 0.25) is 0 Å². The topological polar surface area (TPSA) is 86.3 Å². The van der Waals surface area contributed by atoms with Crippen LogP contribution in [0.5, 0.6) is 23.0 Å². The van der Waals surface area contributed by atoms with E-state index in [9.17, 15) is 9.59 Å². The molecule has 0 bridgehead atoms. The van der Waals surface area contributed by atoms with E-state index in [2.05, 4.69) is 5.32 Å². The molecule has 1 saturated carbocycles. The van der Waals surface area contributed by atoms with Crippen molar-refractivity contribution < 1.29 is 28.5 Å². The summed E-state index contributed by atoms with van der Waals surface area (Å²) >= 11 is 0. The van der Waals surface area contributed by atoms with Gasteiger partial charge in [-0.15, -0.1) is 0 Å². The number of rotatable bonds is 11. The van der Waals surface area contributed by atoms with Crippen molar-refractivity contribution in [1.29, 1.82) is 0 Å². The number of para-hydroxylation sites is 2. The standard InChI is InChI=1S/C23H28N2O6/c1-28-18-6-4-5-7-20(18)31-15-23(27)25(17-9-10-17)13-12-22(26)24-16-8-11-19(29-2)21(14-16)30-3/h4-8,11,14,17H,9-10,12-13,15H2,1-3H3,(H,24,26). The second-order valence-corrected chi connectivity index (χ2v) is 7.13. The number of hydrogen-bond acceptors (Lipinski definition) is 6. The van der Waals surface area contributed by atoms with Crippen molar-refractivity contribution >= 4 is 17.5 Å². The molecule has 1 fully saturated rings. The molecule has 8 nitrogen and oxygen atoms in total. The summed E-state index contributed by atoms with van der Waals surface area (Å²) in [6, 6.07) is 12.5. The van der Waals surface area contributed by atoms with E-state index in [4.69, 9.17) is 18.9 Å². The van der Waals surface area contributed by atoms with Crippen LogP contribution < -0.4 is 24.3 Å². The molecule has 0 unspecified atom stereocenters. The van der Waals surface area contributed by atoms with Gasteiger partial charge in [-0.2, -0.15) is 0 Å². The number of carbonyl (C=O) groups excluding carboxylic acids is 2. The summed E-state index contributed by atoms with van der Waals surface area (Å²) < 4.78 is 21.4. The summed E-state index contributed by atoms with van der Waals surface area (Å²) in [7, 11) is 4.64. The number of benzene rings is 2. The number of carbonyl (C=O) groups is 2. The normalized spacial score (nSPS) is 12.6. The second-order valence-electron chi connectivity index (χ2n) is 7.13. The molecule has 0 aromatic heterocycles. The largest absolute Gasteiger partial charge is 0.493 e. The van der Waals surface area contributed by atoms with Crippen molar-refractivity contribution in [2.24, 2.45) is 0 Å². The van der Waals surface area contributed by atoms with Gasteiger partial charge in [-0.25, -0.2) is 0 Å². The molecule has 2 aromatic carbocycles. The first-order valence-corrected chi connectivity index (χ1v) is 10.1. The summed E-state index contributed by atoms with van der Waals surface area (Å²) in [5, 5.41) is 2.83. The van der Waals surface area contributed by atoms with E-state index < -0.39 is 0 Å². The zero-order valence-electron chi connectivity index (χ0n) is 18.1. The van der Waals surface area contributed by atoms with Crippen LogP contribution >= 0.6 is 0 Å². The summed E-state index contributed by atoms with van der Waals surface area (Å²) in [6.07, 6.45) is 2.07. The maximum atomic E-state index is 12.7. The molecular weight excluding hydrogens is 400 g/mol. The van der Waals surface area contributed by atoms with Crippen LogP contribution in [0.3, 0.4) is 0 Å². The van der Waals surface area contributed by atoms with Gasteiger partial charge in [-0.3, -0.25) is 9.59 Å². The molecule has 1 aliphatic rings. The van der Waals surface area contributed by atoms with Crippen LogP contribution in [-0.4, -0.2) is 57.2 Å². The van der Waals surface area contributed by atoms with E-state index in [1.807, 2.05) is 12.1 Å². The Bertz CT molecular complexity index is 913. The molecular formula is C23H28N2O6. The molecule has 0 spiro atoms. The predicted molar refractivity (Wildman–Crippen MR) is 116 cm³/mol. The van der Waals surface area contributed by atoms with E-state index in [-0.39, 0.29) is 30.9 Å². The third-order valence-corrected chi connectivity index (χ3v) is 4.98. The lowest BCUT2D eigenvalue weighted by Crippen LogP contribution is -2.38. The van der Waals surface area contributed by atoms with Crippen molar-refractivity contribution in [2.45, 2.75) is 25.3 Å². The highest BCUT2D eigenvalue weighted by atomic mass is 16.5. The number of anilines is 1. The van der Waals surface area contributed by atoms with Gasteiger partial charge in [0.15, 0.2) is 29.6 Å². The van der Waals surface area contributed by atoms with E-state index >= 15 is 0 Å². The van der Waals surface area contributed by atoms with E-state index in [0.29, 0.717) is 35.2 Å². The van der Waals surface area contributed by atoms with E-state index in [0.717, 1.165) is 12.8 Å². The van der Waals surface area contributed by atoms with Crippen LogP contribution in [0.4, 0.5) is 5.69 Å². The van der Waals surface area contributed by atoms with Gasteiger partial charge < -0.3 is 29.2 Å². The Morgan fingerprint density at radius 3 is 2.23 bits per heavy atom. The fraction of sp³-hybridized carbons (Fsp3) is 0.391. The van der Waals surface area contributed by atoms with Gasteiger partial charge in [0, 0.05) is 30.8 Å². The molecule has 2 amide bonds. The zero-order chi connectivity index (χ0) is 22.2. The summed E-state index contributed by atoms with van der Waals surface area (Å²) in [5.74, 6) is 1.87. The maximum absolute atomic E-state index is 12.7. The minimum absolute atomic E-state index is 0.103. The monoisotopic (exact) mass is 428 g/mol. The Kier molecular flexibility index (Phi) is 7.59. The lowest BCUT2D eigenvalue weighted by atomic mass is 10.2. The minimum Gasteiger partial charge on any atom is -0.493 e. The van der Waals surface area contributed by atoms with Gasteiger partial charge in [0.25, 0.3) is 5.91 Å². The summed E-state index contributed by atoms with van der Waals surface area (Å²) in [5.41, 5.74) is 0.603. The first-order valence-electron chi connectivity index (χ1n) is 10.1. The van der Waals surface area contributed by atoms with Gasteiger partial charge in [-0.05, 0) is 37.1 Å². The Morgan fingerprint density at radius 1 is 0.935 bits per heavy atom. The number of amides is 2. The molecule has 166 valence electrons. The van der Waals surface area contributed by atoms with Crippen molar-refractivity contribution in [1.82, 2.24) is 4.90 Å². The molecule has 0 aliphatic heterocycles. The molecule has 0 saturated heterocycles. The first-order chi connectivity index (χ1) is 15.0. The first kappa shape index (κ1) is 22.3. The second kappa shape index (κ2) is 10.6. The fourth-order valence-corrected chi connectivity index (χ4v) is 3.22. The summed E-state index contributed by atoms with van der Waals surface area (Å²) in [6.45, 7) is 0.228. The molecule has 2 aromatic rings. The number of hydrogen-bond donors (Lipinski definition) is 1. The molecule has 3 rings (SSSR count). The fourth-order valence-electron chi connectivity index (χ4n) is 3.22. The van der Waals surface area contributed by atoms with Gasteiger partial charge >= 0.3 is 0 Å². The average molecular weight is 428 g/mol. The Morgan fingerprint density at radius 2 is 1.58 bits per heavy atom. The van der Waals surface area contributed by atoms with Crippen LogP contribution in [0.25, 0.3) is 0 Å². The van der Waals surface area contributed by atoms with Gasteiger partial charge in [0.05, 0.1) is 21.3 Å². The highest BCUT2D eigenvalue weighted by molar-refractivity contribution is 5.91. The molecule has 31 heavy (non-hydrogen) atoms. The van der Waals surface area contributed by atoms with Crippen molar-refractivity contribution in [3.63, 3.8) is 0 Å². The number of nitrogens with zero attached hydrogens (tertiary/aromatic N) is 1. The lowest BCUT2D eigenvalue weighted by Gasteiger charge is -2.22. The highest BCUT2D eigenvalue weighted by Gasteiger charge is 2.32. The zero-order valence-corrected chi connectivity index (χ0v) is 18.1. The average Bonchev–Trinajstić information content (AvgIpc) is 3.63. The van der Waals surface area contributed by atoms with Crippen molar-refractivity contribution in [3.8, 4) is 23.0 Å². The number of methoxy groups -OCH3 is 3. The quantitative estimate of drug-likeness (QED) is 0.592. The van der Waals surface area contributed by atoms with Gasteiger partial charge in [0.1, 0.15) is 0 Å². The summed E-state index contributed by atoms with van der Waals surface area (Å²) in [4.78, 5) is 26.9. The maximum Gasteiger partial charge on any atom is 0.260 e. The van der Waals surface area contributed by atoms with Crippen molar-refractivity contribution in [3.05, 3.63) is 42.5 Å². The molecule has 0 heterocycles. The number of nitrogens with one attached hydrogen (secondary N) is 1. The SMILES string of the molecule is COc1ccc(NC(=O)CCN(C(=O)COc2ccccc2OC)C2CC2)cc1OC. The molecule has 0 radical (unpaired) electrons. The third-order valence-electron chi connectivity index (χ3n) is 4.98. The van der Waals surface area contributed by atoms with Gasteiger partial charge in [-0.1, -0.05) is 12.1 Å². The Balaban J connectivity index is 1.53. The Labute approximate surface area is 182 Å². The molecule has 0 atom stereocenters. The van der Waals surface area contributed by atoms with Crippen molar-refractivity contribution in [2.75, 3.05) is 39.8 Å². The third kappa shape index (κ3) is 6.04. The molecule has 8 heteroatoms. The van der Waals surface area contributed by atoms with Crippen LogP contribution in [0, 0.1) is 0 Å². The lowest BCUT2D eigenvalue weighted by molar-refractivity contribution is -0.134.